The smallest absolute Gasteiger partial charge is 0.207 e. The van der Waals surface area contributed by atoms with Gasteiger partial charge in [0.1, 0.15) is 6.04 Å². The molecule has 0 saturated heterocycles. The van der Waals surface area contributed by atoms with E-state index in [1.54, 1.807) is 12.1 Å². The molecular formula is C16H24N2O2S. The molecule has 116 valence electrons. The Morgan fingerprint density at radius 3 is 2.33 bits per heavy atom. The molecule has 0 fully saturated rings. The van der Waals surface area contributed by atoms with Crippen LogP contribution in [0.3, 0.4) is 0 Å². The Morgan fingerprint density at radius 1 is 1.29 bits per heavy atom. The molecule has 0 saturated carbocycles. The van der Waals surface area contributed by atoms with Crippen molar-refractivity contribution in [1.82, 2.24) is 4.31 Å². The maximum absolute atomic E-state index is 12.8. The fourth-order valence-corrected chi connectivity index (χ4v) is 3.94. The molecule has 21 heavy (non-hydrogen) atoms. The second-order valence-electron chi connectivity index (χ2n) is 6.20. The van der Waals surface area contributed by atoms with Gasteiger partial charge in [0.05, 0.1) is 11.0 Å². The van der Waals surface area contributed by atoms with Gasteiger partial charge in [0.25, 0.3) is 0 Å². The maximum atomic E-state index is 12.8. The van der Waals surface area contributed by atoms with Gasteiger partial charge < -0.3 is 0 Å². The van der Waals surface area contributed by atoms with Crippen molar-refractivity contribution in [2.24, 2.45) is 0 Å². The number of rotatable bonds is 5. The molecule has 0 aliphatic rings. The Labute approximate surface area is 128 Å². The third-order valence-corrected chi connectivity index (χ3v) is 5.43. The molecule has 0 aliphatic heterocycles. The van der Waals surface area contributed by atoms with Crippen molar-refractivity contribution < 1.29 is 8.42 Å². The molecule has 4 nitrogen and oxygen atoms in total. The minimum Gasteiger partial charge on any atom is -0.207 e. The minimum atomic E-state index is -3.68. The summed E-state index contributed by atoms with van der Waals surface area (Å²) in [6.07, 6.45) is 1.29. The van der Waals surface area contributed by atoms with Gasteiger partial charge in [-0.15, -0.1) is 0 Å². The van der Waals surface area contributed by atoms with E-state index in [1.807, 2.05) is 39.8 Å². The highest BCUT2D eigenvalue weighted by atomic mass is 32.2. The molecule has 1 aromatic carbocycles. The predicted octanol–water partition coefficient (Wildman–Crippen LogP) is 3.30. The Balaban J connectivity index is 3.36. The van der Waals surface area contributed by atoms with Gasteiger partial charge in [0.15, 0.2) is 0 Å². The monoisotopic (exact) mass is 308 g/mol. The van der Waals surface area contributed by atoms with E-state index in [-0.39, 0.29) is 10.3 Å². The first-order valence-corrected chi connectivity index (χ1v) is 8.57. The molecule has 5 heteroatoms. The molecule has 0 aliphatic carbocycles. The summed E-state index contributed by atoms with van der Waals surface area (Å²) in [4.78, 5) is 0.288. The first kappa shape index (κ1) is 17.7. The van der Waals surface area contributed by atoms with E-state index in [9.17, 15) is 13.7 Å². The SMILES string of the molecule is CCCC(C#N)N(C)S(=O)(=O)c1ccccc1C(C)(C)C. The Hall–Kier alpha value is -1.38. The van der Waals surface area contributed by atoms with Crippen molar-refractivity contribution in [3.05, 3.63) is 29.8 Å². The topological polar surface area (TPSA) is 61.2 Å². The van der Waals surface area contributed by atoms with Crippen LogP contribution in [0.4, 0.5) is 0 Å². The summed E-state index contributed by atoms with van der Waals surface area (Å²) in [6, 6.07) is 8.47. The van der Waals surface area contributed by atoms with Crippen LogP contribution in [0, 0.1) is 11.3 Å². The highest BCUT2D eigenvalue weighted by Crippen LogP contribution is 2.31. The van der Waals surface area contributed by atoms with Gasteiger partial charge in [-0.05, 0) is 23.5 Å². The zero-order valence-corrected chi connectivity index (χ0v) is 14.2. The van der Waals surface area contributed by atoms with Gasteiger partial charge in [-0.3, -0.25) is 0 Å². The zero-order valence-electron chi connectivity index (χ0n) is 13.4. The summed E-state index contributed by atoms with van der Waals surface area (Å²) >= 11 is 0. The molecule has 0 amide bonds. The normalized spacial score (nSPS) is 14.0. The maximum Gasteiger partial charge on any atom is 0.244 e. The summed E-state index contributed by atoms with van der Waals surface area (Å²) < 4.78 is 26.9. The van der Waals surface area contributed by atoms with Crippen molar-refractivity contribution >= 4 is 10.0 Å². The fourth-order valence-electron chi connectivity index (χ4n) is 2.23. The third-order valence-electron chi connectivity index (χ3n) is 3.50. The van der Waals surface area contributed by atoms with Gasteiger partial charge >= 0.3 is 0 Å². The number of nitrogens with zero attached hydrogens (tertiary/aromatic N) is 2. The lowest BCUT2D eigenvalue weighted by atomic mass is 9.87. The van der Waals surface area contributed by atoms with Crippen molar-refractivity contribution in [2.45, 2.75) is 56.9 Å². The van der Waals surface area contributed by atoms with E-state index in [2.05, 4.69) is 6.07 Å². The molecule has 0 bridgehead atoms. The minimum absolute atomic E-state index is 0.280. The largest absolute Gasteiger partial charge is 0.244 e. The lowest BCUT2D eigenvalue weighted by molar-refractivity contribution is 0.402. The van der Waals surface area contributed by atoms with Gasteiger partial charge in [0, 0.05) is 7.05 Å². The number of nitriles is 1. The van der Waals surface area contributed by atoms with Crippen molar-refractivity contribution in [1.29, 1.82) is 5.26 Å². The standard InChI is InChI=1S/C16H24N2O2S/c1-6-9-13(12-17)18(5)21(19,20)15-11-8-7-10-14(15)16(2,3)4/h7-8,10-11,13H,6,9H2,1-5H3. The van der Waals surface area contributed by atoms with E-state index in [0.29, 0.717) is 6.42 Å². The highest BCUT2D eigenvalue weighted by molar-refractivity contribution is 7.89. The predicted molar refractivity (Wildman–Crippen MR) is 84.4 cm³/mol. The van der Waals surface area contributed by atoms with Crippen molar-refractivity contribution in [3.8, 4) is 6.07 Å². The Kier molecular flexibility index (Phi) is 5.54. The van der Waals surface area contributed by atoms with Gasteiger partial charge in [-0.2, -0.15) is 9.57 Å². The first-order chi connectivity index (χ1) is 9.66. The lowest BCUT2D eigenvalue weighted by Gasteiger charge is -2.27. The summed E-state index contributed by atoms with van der Waals surface area (Å²) in [5.41, 5.74) is 0.488. The van der Waals surface area contributed by atoms with Gasteiger partial charge in [-0.1, -0.05) is 52.3 Å². The van der Waals surface area contributed by atoms with Crippen LogP contribution in [-0.4, -0.2) is 25.8 Å². The molecular weight excluding hydrogens is 284 g/mol. The van der Waals surface area contributed by atoms with Crippen LogP contribution in [0.15, 0.2) is 29.2 Å². The number of hydrogen-bond acceptors (Lipinski definition) is 3. The number of sulfonamides is 1. The summed E-state index contributed by atoms with van der Waals surface area (Å²) in [6.45, 7) is 7.88. The molecule has 0 heterocycles. The Morgan fingerprint density at radius 2 is 1.86 bits per heavy atom. The van der Waals surface area contributed by atoms with Crippen LogP contribution in [0.25, 0.3) is 0 Å². The zero-order chi connectivity index (χ0) is 16.3. The van der Waals surface area contributed by atoms with Crippen LogP contribution in [0.2, 0.25) is 0 Å². The van der Waals surface area contributed by atoms with Crippen LogP contribution in [0.5, 0.6) is 0 Å². The average molecular weight is 308 g/mol. The second-order valence-corrected chi connectivity index (χ2v) is 8.17. The summed E-state index contributed by atoms with van der Waals surface area (Å²) in [5, 5.41) is 9.21. The van der Waals surface area contributed by atoms with Crippen molar-refractivity contribution in [3.63, 3.8) is 0 Å². The molecule has 0 spiro atoms. The highest BCUT2D eigenvalue weighted by Gasteiger charge is 2.31. The van der Waals surface area contributed by atoms with Crippen LogP contribution in [-0.2, 0) is 15.4 Å². The van der Waals surface area contributed by atoms with Gasteiger partial charge in [0.2, 0.25) is 10.0 Å². The van der Waals surface area contributed by atoms with Gasteiger partial charge in [-0.25, -0.2) is 8.42 Å². The fraction of sp³-hybridized carbons (Fsp3) is 0.562. The van der Waals surface area contributed by atoms with Crippen molar-refractivity contribution in [2.75, 3.05) is 7.05 Å². The molecule has 1 aromatic rings. The quantitative estimate of drug-likeness (QED) is 0.838. The molecule has 1 atom stereocenters. The van der Waals surface area contributed by atoms with E-state index in [0.717, 1.165) is 12.0 Å². The lowest BCUT2D eigenvalue weighted by Crippen LogP contribution is -2.37. The third kappa shape index (κ3) is 3.84. The van der Waals surface area contributed by atoms with Crippen LogP contribution in [0.1, 0.15) is 46.1 Å². The van der Waals surface area contributed by atoms with E-state index in [1.165, 1.54) is 11.4 Å². The summed E-state index contributed by atoms with van der Waals surface area (Å²) in [5.74, 6) is 0. The van der Waals surface area contributed by atoms with E-state index >= 15 is 0 Å². The molecule has 0 aromatic heterocycles. The number of hydrogen-bond donors (Lipinski definition) is 0. The average Bonchev–Trinajstić information content (AvgIpc) is 2.43. The molecule has 1 unspecified atom stereocenters. The molecule has 0 radical (unpaired) electrons. The second kappa shape index (κ2) is 6.59. The van der Waals surface area contributed by atoms with E-state index < -0.39 is 16.1 Å². The van der Waals surface area contributed by atoms with Crippen LogP contribution >= 0.6 is 0 Å². The van der Waals surface area contributed by atoms with E-state index in [4.69, 9.17) is 0 Å². The molecule has 1 rings (SSSR count). The number of benzene rings is 1. The summed E-state index contributed by atoms with van der Waals surface area (Å²) in [7, 11) is -2.19. The molecule has 0 N–H and O–H groups in total. The first-order valence-electron chi connectivity index (χ1n) is 7.13. The Bertz CT molecular complexity index is 624. The van der Waals surface area contributed by atoms with Crippen LogP contribution < -0.4 is 0 Å².